The van der Waals surface area contributed by atoms with E-state index in [4.69, 9.17) is 9.84 Å². The Hall–Kier alpha value is -1.63. The number of carbonyl (C=O) groups excluding carboxylic acids is 2. The summed E-state index contributed by atoms with van der Waals surface area (Å²) in [6, 6.07) is -0.944. The van der Waals surface area contributed by atoms with Gasteiger partial charge in [0, 0.05) is 26.6 Å². The number of carboxylic acid groups (broad SMARTS) is 1. The molecule has 0 aromatic rings. The highest BCUT2D eigenvalue weighted by atomic mass is 16.5. The van der Waals surface area contributed by atoms with Gasteiger partial charge in [-0.3, -0.25) is 14.4 Å². The lowest BCUT2D eigenvalue weighted by atomic mass is 10.1. The highest BCUT2D eigenvalue weighted by molar-refractivity contribution is 5.91. The summed E-state index contributed by atoms with van der Waals surface area (Å²) in [6.45, 7) is 2.58. The third kappa shape index (κ3) is 3.69. The van der Waals surface area contributed by atoms with Crippen molar-refractivity contribution < 1.29 is 24.2 Å². The molecule has 2 N–H and O–H groups in total. The zero-order valence-corrected chi connectivity index (χ0v) is 10.5. The molecular formula is C11H18N2O5. The summed E-state index contributed by atoms with van der Waals surface area (Å²) >= 11 is 0. The molecule has 0 aromatic heterocycles. The normalized spacial score (nSPS) is 20.9. The molecule has 0 bridgehead atoms. The summed E-state index contributed by atoms with van der Waals surface area (Å²) in [7, 11) is 1.54. The Morgan fingerprint density at radius 3 is 2.83 bits per heavy atom. The van der Waals surface area contributed by atoms with E-state index in [0.717, 1.165) is 0 Å². The number of amides is 2. The fourth-order valence-electron chi connectivity index (χ4n) is 1.76. The van der Waals surface area contributed by atoms with Gasteiger partial charge in [0.1, 0.15) is 6.04 Å². The average molecular weight is 258 g/mol. The Labute approximate surface area is 105 Å². The lowest BCUT2D eigenvalue weighted by molar-refractivity contribution is -0.141. The average Bonchev–Trinajstić information content (AvgIpc) is 2.68. The van der Waals surface area contributed by atoms with Gasteiger partial charge in [-0.05, 0) is 6.92 Å². The number of nitrogens with zero attached hydrogens (tertiary/aromatic N) is 1. The summed E-state index contributed by atoms with van der Waals surface area (Å²) < 4.78 is 4.87. The van der Waals surface area contributed by atoms with Crippen molar-refractivity contribution in [3.05, 3.63) is 0 Å². The van der Waals surface area contributed by atoms with Crippen LogP contribution in [0.1, 0.15) is 13.3 Å². The first kappa shape index (κ1) is 14.4. The Balaban J connectivity index is 2.47. The molecule has 1 saturated heterocycles. The molecule has 1 heterocycles. The van der Waals surface area contributed by atoms with Gasteiger partial charge >= 0.3 is 5.97 Å². The van der Waals surface area contributed by atoms with Gasteiger partial charge in [-0.2, -0.15) is 0 Å². The fraction of sp³-hybridized carbons (Fsp3) is 0.727. The van der Waals surface area contributed by atoms with Crippen molar-refractivity contribution in [2.24, 2.45) is 5.92 Å². The van der Waals surface area contributed by atoms with Crippen molar-refractivity contribution in [2.75, 3.05) is 26.8 Å². The minimum absolute atomic E-state index is 0.102. The van der Waals surface area contributed by atoms with E-state index in [1.807, 2.05) is 0 Å². The van der Waals surface area contributed by atoms with Crippen LogP contribution >= 0.6 is 0 Å². The first-order valence-electron chi connectivity index (χ1n) is 5.75. The number of aliphatic carboxylic acids is 1. The molecule has 1 fully saturated rings. The van der Waals surface area contributed by atoms with Crippen molar-refractivity contribution >= 4 is 17.8 Å². The predicted molar refractivity (Wildman–Crippen MR) is 61.8 cm³/mol. The largest absolute Gasteiger partial charge is 0.480 e. The standard InChI is InChI=1S/C11H18N2O5/c1-7(11(16)17)12-10(15)8-5-9(14)13(6-8)3-4-18-2/h7-8H,3-6H2,1-2H3,(H,12,15)(H,16,17). The summed E-state index contributed by atoms with van der Waals surface area (Å²) in [5.41, 5.74) is 0. The summed E-state index contributed by atoms with van der Waals surface area (Å²) in [5.74, 6) is -2.06. The van der Waals surface area contributed by atoms with Gasteiger partial charge in [0.2, 0.25) is 11.8 Å². The third-order valence-electron chi connectivity index (χ3n) is 2.88. The second-order valence-corrected chi connectivity index (χ2v) is 4.30. The Kier molecular flexibility index (Phi) is 5.08. The van der Waals surface area contributed by atoms with E-state index in [9.17, 15) is 14.4 Å². The predicted octanol–water partition coefficient (Wildman–Crippen LogP) is -0.929. The lowest BCUT2D eigenvalue weighted by Crippen LogP contribution is -2.42. The van der Waals surface area contributed by atoms with Gasteiger partial charge in [0.25, 0.3) is 0 Å². The molecule has 0 aromatic carbocycles. The van der Waals surface area contributed by atoms with Crippen LogP contribution in [-0.4, -0.2) is 60.6 Å². The molecule has 7 nitrogen and oxygen atoms in total. The van der Waals surface area contributed by atoms with Gasteiger partial charge in [-0.25, -0.2) is 0 Å². The molecule has 0 radical (unpaired) electrons. The van der Waals surface area contributed by atoms with Crippen LogP contribution in [0.3, 0.4) is 0 Å². The van der Waals surface area contributed by atoms with Crippen LogP contribution in [0.25, 0.3) is 0 Å². The smallest absolute Gasteiger partial charge is 0.325 e. The second kappa shape index (κ2) is 6.34. The molecule has 7 heteroatoms. The van der Waals surface area contributed by atoms with Gasteiger partial charge < -0.3 is 20.1 Å². The van der Waals surface area contributed by atoms with Gasteiger partial charge in [0.05, 0.1) is 12.5 Å². The third-order valence-corrected chi connectivity index (χ3v) is 2.88. The van der Waals surface area contributed by atoms with E-state index >= 15 is 0 Å². The molecule has 0 spiro atoms. The summed E-state index contributed by atoms with van der Waals surface area (Å²) in [4.78, 5) is 35.5. The molecule has 0 saturated carbocycles. The fourth-order valence-corrected chi connectivity index (χ4v) is 1.76. The van der Waals surface area contributed by atoms with Gasteiger partial charge in [0.15, 0.2) is 0 Å². The molecule has 1 rings (SSSR count). The van der Waals surface area contributed by atoms with Crippen molar-refractivity contribution in [1.29, 1.82) is 0 Å². The lowest BCUT2D eigenvalue weighted by Gasteiger charge is -2.16. The van der Waals surface area contributed by atoms with Crippen molar-refractivity contribution in [3.63, 3.8) is 0 Å². The summed E-state index contributed by atoms with van der Waals surface area (Å²) in [5, 5.41) is 11.1. The zero-order valence-electron chi connectivity index (χ0n) is 10.5. The molecule has 1 aliphatic rings. The Bertz CT molecular complexity index is 344. The highest BCUT2D eigenvalue weighted by Gasteiger charge is 2.34. The van der Waals surface area contributed by atoms with Crippen LogP contribution < -0.4 is 5.32 Å². The second-order valence-electron chi connectivity index (χ2n) is 4.30. The number of methoxy groups -OCH3 is 1. The van der Waals surface area contributed by atoms with E-state index in [-0.39, 0.29) is 12.3 Å². The molecule has 1 aliphatic heterocycles. The maximum Gasteiger partial charge on any atom is 0.325 e. The number of carboxylic acids is 1. The molecule has 2 amide bonds. The molecular weight excluding hydrogens is 240 g/mol. The number of carbonyl (C=O) groups is 3. The molecule has 102 valence electrons. The molecule has 2 unspecified atom stereocenters. The van der Waals surface area contributed by atoms with Crippen LogP contribution in [-0.2, 0) is 19.1 Å². The van der Waals surface area contributed by atoms with Crippen LogP contribution in [0.2, 0.25) is 0 Å². The molecule has 2 atom stereocenters. The maximum absolute atomic E-state index is 11.7. The van der Waals surface area contributed by atoms with E-state index in [1.165, 1.54) is 6.92 Å². The maximum atomic E-state index is 11.7. The first-order chi connectivity index (χ1) is 8.45. The molecule has 0 aliphatic carbocycles. The van der Waals surface area contributed by atoms with Gasteiger partial charge in [-0.1, -0.05) is 0 Å². The van der Waals surface area contributed by atoms with Crippen molar-refractivity contribution in [1.82, 2.24) is 10.2 Å². The minimum Gasteiger partial charge on any atom is -0.480 e. The number of hydrogen-bond donors (Lipinski definition) is 2. The number of rotatable bonds is 6. The van der Waals surface area contributed by atoms with E-state index in [2.05, 4.69) is 5.32 Å². The summed E-state index contributed by atoms with van der Waals surface area (Å²) in [6.07, 6.45) is 0.127. The van der Waals surface area contributed by atoms with E-state index < -0.39 is 23.8 Å². The van der Waals surface area contributed by atoms with E-state index in [0.29, 0.717) is 19.7 Å². The SMILES string of the molecule is COCCN1CC(C(=O)NC(C)C(=O)O)CC1=O. The van der Waals surface area contributed by atoms with Crippen LogP contribution in [0.15, 0.2) is 0 Å². The number of likely N-dealkylation sites (tertiary alicyclic amines) is 1. The zero-order chi connectivity index (χ0) is 13.7. The van der Waals surface area contributed by atoms with Crippen LogP contribution in [0.5, 0.6) is 0 Å². The Morgan fingerprint density at radius 1 is 1.61 bits per heavy atom. The van der Waals surface area contributed by atoms with E-state index in [1.54, 1.807) is 12.0 Å². The number of ether oxygens (including phenoxy) is 1. The number of hydrogen-bond acceptors (Lipinski definition) is 4. The molecule has 18 heavy (non-hydrogen) atoms. The van der Waals surface area contributed by atoms with Crippen LogP contribution in [0, 0.1) is 5.92 Å². The van der Waals surface area contributed by atoms with Crippen molar-refractivity contribution in [2.45, 2.75) is 19.4 Å². The van der Waals surface area contributed by atoms with Crippen LogP contribution in [0.4, 0.5) is 0 Å². The van der Waals surface area contributed by atoms with Gasteiger partial charge in [-0.15, -0.1) is 0 Å². The topological polar surface area (TPSA) is 95.9 Å². The van der Waals surface area contributed by atoms with Crippen molar-refractivity contribution in [3.8, 4) is 0 Å². The first-order valence-corrected chi connectivity index (χ1v) is 5.75. The monoisotopic (exact) mass is 258 g/mol. The highest BCUT2D eigenvalue weighted by Crippen LogP contribution is 2.17. The Morgan fingerprint density at radius 2 is 2.28 bits per heavy atom. The quantitative estimate of drug-likeness (QED) is 0.641. The minimum atomic E-state index is -1.09. The number of nitrogens with one attached hydrogen (secondary N) is 1.